The van der Waals surface area contributed by atoms with Gasteiger partial charge < -0.3 is 4.52 Å². The summed E-state index contributed by atoms with van der Waals surface area (Å²) in [6.45, 7) is 4.60. The van der Waals surface area contributed by atoms with Crippen molar-refractivity contribution in [3.05, 3.63) is 89.4 Å². The summed E-state index contributed by atoms with van der Waals surface area (Å²) in [7, 11) is 0. The number of hydrogen-bond donors (Lipinski definition) is 0. The van der Waals surface area contributed by atoms with Gasteiger partial charge in [-0.15, -0.1) is 0 Å². The van der Waals surface area contributed by atoms with Gasteiger partial charge in [-0.2, -0.15) is 0 Å². The van der Waals surface area contributed by atoms with Crippen LogP contribution >= 0.6 is 0 Å². The van der Waals surface area contributed by atoms with Gasteiger partial charge in [-0.1, -0.05) is 65.3 Å². The maximum Gasteiger partial charge on any atom is 0.167 e. The summed E-state index contributed by atoms with van der Waals surface area (Å²) in [4.78, 5) is 11.8. The molecule has 0 amide bonds. The molecule has 5 rings (SSSR count). The SMILES string of the molecule is Cc1ccc(-c2ncc3c(n2)CN(Cc2cc(-c4ccccc4)on2)CC3)cc1. The summed E-state index contributed by atoms with van der Waals surface area (Å²) in [5.41, 5.74) is 6.63. The molecule has 4 aromatic rings. The predicted molar refractivity (Wildman–Crippen MR) is 112 cm³/mol. The molecular weight excluding hydrogens is 360 g/mol. The second-order valence-electron chi connectivity index (χ2n) is 7.54. The first-order valence-electron chi connectivity index (χ1n) is 9.90. The fourth-order valence-corrected chi connectivity index (χ4v) is 3.69. The molecule has 0 radical (unpaired) electrons. The normalized spacial score (nSPS) is 14.0. The number of rotatable bonds is 4. The molecule has 29 heavy (non-hydrogen) atoms. The van der Waals surface area contributed by atoms with Crippen LogP contribution in [-0.2, 0) is 19.5 Å². The highest BCUT2D eigenvalue weighted by atomic mass is 16.5. The van der Waals surface area contributed by atoms with Crippen molar-refractivity contribution < 1.29 is 4.52 Å². The van der Waals surface area contributed by atoms with Gasteiger partial charge in [0.1, 0.15) is 0 Å². The highest BCUT2D eigenvalue weighted by Crippen LogP contribution is 2.24. The summed E-state index contributed by atoms with van der Waals surface area (Å²) < 4.78 is 5.55. The number of nitrogens with zero attached hydrogens (tertiary/aromatic N) is 4. The van der Waals surface area contributed by atoms with Crippen LogP contribution in [0.2, 0.25) is 0 Å². The molecule has 0 N–H and O–H groups in total. The Labute approximate surface area is 170 Å². The van der Waals surface area contributed by atoms with E-state index in [0.29, 0.717) is 0 Å². The second-order valence-corrected chi connectivity index (χ2v) is 7.54. The summed E-state index contributed by atoms with van der Waals surface area (Å²) in [6, 6.07) is 20.5. The Bertz CT molecular complexity index is 1120. The van der Waals surface area contributed by atoms with Crippen LogP contribution in [0.25, 0.3) is 22.7 Å². The molecule has 1 aliphatic rings. The average molecular weight is 382 g/mol. The molecule has 144 valence electrons. The maximum atomic E-state index is 5.55. The highest BCUT2D eigenvalue weighted by Gasteiger charge is 2.20. The van der Waals surface area contributed by atoms with Crippen LogP contribution in [-0.4, -0.2) is 26.6 Å². The van der Waals surface area contributed by atoms with Crippen LogP contribution in [0, 0.1) is 6.92 Å². The van der Waals surface area contributed by atoms with E-state index in [4.69, 9.17) is 9.51 Å². The van der Waals surface area contributed by atoms with Crippen molar-refractivity contribution in [2.75, 3.05) is 6.54 Å². The van der Waals surface area contributed by atoms with E-state index in [2.05, 4.69) is 46.2 Å². The molecule has 5 heteroatoms. The van der Waals surface area contributed by atoms with E-state index in [1.165, 1.54) is 11.1 Å². The molecular formula is C24H22N4O. The first-order chi connectivity index (χ1) is 14.2. The van der Waals surface area contributed by atoms with Crippen molar-refractivity contribution in [3.63, 3.8) is 0 Å². The lowest BCUT2D eigenvalue weighted by molar-refractivity contribution is 0.234. The zero-order chi connectivity index (χ0) is 19.6. The van der Waals surface area contributed by atoms with Gasteiger partial charge in [0, 0.05) is 43.0 Å². The lowest BCUT2D eigenvalue weighted by Crippen LogP contribution is -2.31. The molecule has 5 nitrogen and oxygen atoms in total. The second kappa shape index (κ2) is 7.60. The van der Waals surface area contributed by atoms with Crippen LogP contribution in [0.4, 0.5) is 0 Å². The topological polar surface area (TPSA) is 55.1 Å². The minimum atomic E-state index is 0.750. The third-order valence-corrected chi connectivity index (χ3v) is 5.34. The van der Waals surface area contributed by atoms with Gasteiger partial charge in [0.2, 0.25) is 0 Å². The first kappa shape index (κ1) is 17.8. The fourth-order valence-electron chi connectivity index (χ4n) is 3.69. The van der Waals surface area contributed by atoms with E-state index in [9.17, 15) is 0 Å². The first-order valence-corrected chi connectivity index (χ1v) is 9.90. The Hall–Kier alpha value is -3.31. The lowest BCUT2D eigenvalue weighted by Gasteiger charge is -2.27. The van der Waals surface area contributed by atoms with Crippen LogP contribution in [0.5, 0.6) is 0 Å². The van der Waals surface area contributed by atoms with Gasteiger partial charge in [-0.05, 0) is 18.9 Å². The van der Waals surface area contributed by atoms with E-state index in [1.807, 2.05) is 42.6 Å². The van der Waals surface area contributed by atoms with Gasteiger partial charge in [-0.25, -0.2) is 9.97 Å². The number of hydrogen-bond acceptors (Lipinski definition) is 5. The van der Waals surface area contributed by atoms with Crippen molar-refractivity contribution in [3.8, 4) is 22.7 Å². The van der Waals surface area contributed by atoms with E-state index >= 15 is 0 Å². The molecule has 2 aromatic heterocycles. The van der Waals surface area contributed by atoms with Crippen LogP contribution in [0.1, 0.15) is 22.5 Å². The minimum Gasteiger partial charge on any atom is -0.356 e. The zero-order valence-electron chi connectivity index (χ0n) is 16.4. The number of aromatic nitrogens is 3. The lowest BCUT2D eigenvalue weighted by atomic mass is 10.1. The molecule has 1 aliphatic heterocycles. The van der Waals surface area contributed by atoms with Crippen LogP contribution < -0.4 is 0 Å². The third-order valence-electron chi connectivity index (χ3n) is 5.34. The van der Waals surface area contributed by atoms with Gasteiger partial charge in [0.25, 0.3) is 0 Å². The molecule has 3 heterocycles. The van der Waals surface area contributed by atoms with E-state index in [0.717, 1.165) is 60.2 Å². The molecule has 0 aliphatic carbocycles. The summed E-state index contributed by atoms with van der Waals surface area (Å²) in [5, 5.41) is 4.27. The van der Waals surface area contributed by atoms with Crippen molar-refractivity contribution in [2.45, 2.75) is 26.4 Å². The Morgan fingerprint density at radius 3 is 2.66 bits per heavy atom. The molecule has 0 atom stereocenters. The predicted octanol–water partition coefficient (Wildman–Crippen LogP) is 4.67. The summed E-state index contributed by atoms with van der Waals surface area (Å²) in [5.74, 6) is 1.60. The van der Waals surface area contributed by atoms with Gasteiger partial charge >= 0.3 is 0 Å². The highest BCUT2D eigenvalue weighted by molar-refractivity contribution is 5.57. The van der Waals surface area contributed by atoms with Gasteiger partial charge in [0.15, 0.2) is 11.6 Å². The quantitative estimate of drug-likeness (QED) is 0.514. The molecule has 0 saturated heterocycles. The average Bonchev–Trinajstić information content (AvgIpc) is 3.23. The third kappa shape index (κ3) is 3.82. The molecule has 0 fully saturated rings. The molecule has 0 unspecified atom stereocenters. The van der Waals surface area contributed by atoms with Crippen molar-refractivity contribution >= 4 is 0 Å². The Balaban J connectivity index is 1.32. The van der Waals surface area contributed by atoms with Crippen molar-refractivity contribution in [1.82, 2.24) is 20.0 Å². The molecule has 0 bridgehead atoms. The molecule has 0 saturated carbocycles. The Morgan fingerprint density at radius 1 is 1.00 bits per heavy atom. The maximum absolute atomic E-state index is 5.55. The summed E-state index contributed by atoms with van der Waals surface area (Å²) >= 11 is 0. The molecule has 0 spiro atoms. The monoisotopic (exact) mass is 382 g/mol. The van der Waals surface area contributed by atoms with Gasteiger partial charge in [0.05, 0.1) is 11.4 Å². The Kier molecular flexibility index (Phi) is 4.66. The smallest absolute Gasteiger partial charge is 0.167 e. The Morgan fingerprint density at radius 2 is 1.83 bits per heavy atom. The number of aryl methyl sites for hydroxylation is 1. The zero-order valence-corrected chi connectivity index (χ0v) is 16.4. The van der Waals surface area contributed by atoms with Crippen molar-refractivity contribution in [2.24, 2.45) is 0 Å². The van der Waals surface area contributed by atoms with Crippen LogP contribution in [0.3, 0.4) is 0 Å². The minimum absolute atomic E-state index is 0.750. The largest absolute Gasteiger partial charge is 0.356 e. The van der Waals surface area contributed by atoms with Gasteiger partial charge in [-0.3, -0.25) is 4.90 Å². The van der Waals surface area contributed by atoms with E-state index in [1.54, 1.807) is 0 Å². The standard InChI is InChI=1S/C24H22N4O/c1-17-7-9-19(10-8-17)24-25-14-20-11-12-28(16-22(20)26-24)15-21-13-23(29-27-21)18-5-3-2-4-6-18/h2-10,13-14H,11-12,15-16H2,1H3. The van der Waals surface area contributed by atoms with Crippen LogP contribution in [0.15, 0.2) is 71.4 Å². The fraction of sp³-hybridized carbons (Fsp3) is 0.208. The molecule has 2 aromatic carbocycles. The van der Waals surface area contributed by atoms with Crippen molar-refractivity contribution in [1.29, 1.82) is 0 Å². The number of fused-ring (bicyclic) bond motifs is 1. The van der Waals surface area contributed by atoms with E-state index < -0.39 is 0 Å². The summed E-state index contributed by atoms with van der Waals surface area (Å²) in [6.07, 6.45) is 2.94. The van der Waals surface area contributed by atoms with E-state index in [-0.39, 0.29) is 0 Å². The number of benzene rings is 2.